The van der Waals surface area contributed by atoms with E-state index in [0.29, 0.717) is 35.7 Å². The van der Waals surface area contributed by atoms with Crippen molar-refractivity contribution >= 4 is 17.5 Å². The van der Waals surface area contributed by atoms with E-state index in [4.69, 9.17) is 4.42 Å². The first-order valence-electron chi connectivity index (χ1n) is 9.71. The second-order valence-corrected chi connectivity index (χ2v) is 6.88. The van der Waals surface area contributed by atoms with Gasteiger partial charge >= 0.3 is 0 Å². The van der Waals surface area contributed by atoms with E-state index >= 15 is 0 Å². The van der Waals surface area contributed by atoms with Gasteiger partial charge < -0.3 is 14.6 Å². The molecule has 0 radical (unpaired) electrons. The topological polar surface area (TPSA) is 88.3 Å². The van der Waals surface area contributed by atoms with Crippen LogP contribution in [0.4, 0.5) is 5.69 Å². The summed E-state index contributed by atoms with van der Waals surface area (Å²) in [6.45, 7) is 0.687. The fourth-order valence-corrected chi connectivity index (χ4v) is 3.12. The quantitative estimate of drug-likeness (QED) is 0.492. The molecule has 0 aliphatic heterocycles. The van der Waals surface area contributed by atoms with E-state index in [1.54, 1.807) is 72.2 Å². The molecule has 1 N–H and O–H groups in total. The summed E-state index contributed by atoms with van der Waals surface area (Å²) in [7, 11) is 0. The summed E-state index contributed by atoms with van der Waals surface area (Å²) in [6, 6.07) is 17.6. The van der Waals surface area contributed by atoms with Crippen molar-refractivity contribution in [2.45, 2.75) is 13.1 Å². The van der Waals surface area contributed by atoms with Crippen molar-refractivity contribution in [2.75, 3.05) is 5.32 Å². The van der Waals surface area contributed by atoms with Gasteiger partial charge in [-0.15, -0.1) is 0 Å². The van der Waals surface area contributed by atoms with Crippen molar-refractivity contribution in [3.63, 3.8) is 0 Å². The van der Waals surface area contributed by atoms with Gasteiger partial charge in [0.05, 0.1) is 18.4 Å². The Balaban J connectivity index is 1.54. The van der Waals surface area contributed by atoms with Gasteiger partial charge in [0, 0.05) is 42.6 Å². The van der Waals surface area contributed by atoms with Gasteiger partial charge in [-0.05, 0) is 54.1 Å². The Kier molecular flexibility index (Phi) is 6.13. The van der Waals surface area contributed by atoms with Crippen LogP contribution in [-0.4, -0.2) is 26.7 Å². The molecule has 31 heavy (non-hydrogen) atoms. The standard InChI is InChI=1S/C24H20N4O3/c29-23(20-7-3-11-26-15-20)27-21-8-1-6-19(13-21)24(30)28(17-22-9-4-12-31-22)16-18-5-2-10-25-14-18/h1-15H,16-17H2,(H,27,29). The zero-order valence-corrected chi connectivity index (χ0v) is 16.6. The predicted octanol–water partition coefficient (Wildman–Crippen LogP) is 4.16. The summed E-state index contributed by atoms with van der Waals surface area (Å²) < 4.78 is 5.44. The van der Waals surface area contributed by atoms with Gasteiger partial charge in [0.25, 0.3) is 11.8 Å². The van der Waals surface area contributed by atoms with Crippen molar-refractivity contribution in [1.29, 1.82) is 0 Å². The number of carbonyl (C=O) groups is 2. The molecule has 7 heteroatoms. The fourth-order valence-electron chi connectivity index (χ4n) is 3.12. The Labute approximate surface area is 179 Å². The number of nitrogens with one attached hydrogen (secondary N) is 1. The summed E-state index contributed by atoms with van der Waals surface area (Å²) in [5.41, 5.74) is 2.33. The molecule has 0 saturated heterocycles. The molecule has 2 amide bonds. The SMILES string of the molecule is O=C(Nc1cccc(C(=O)N(Cc2cccnc2)Cc2ccco2)c1)c1cccnc1. The smallest absolute Gasteiger partial charge is 0.257 e. The van der Waals surface area contributed by atoms with Crippen molar-refractivity contribution in [1.82, 2.24) is 14.9 Å². The monoisotopic (exact) mass is 412 g/mol. The largest absolute Gasteiger partial charge is 0.467 e. The van der Waals surface area contributed by atoms with Crippen molar-refractivity contribution in [3.05, 3.63) is 114 Å². The lowest BCUT2D eigenvalue weighted by Gasteiger charge is -2.22. The van der Waals surface area contributed by atoms with Crippen LogP contribution < -0.4 is 5.32 Å². The average Bonchev–Trinajstić information content (AvgIpc) is 3.33. The van der Waals surface area contributed by atoms with Crippen LogP contribution in [0.25, 0.3) is 0 Å². The molecule has 4 rings (SSSR count). The fraction of sp³-hybridized carbons (Fsp3) is 0.0833. The molecule has 0 unspecified atom stereocenters. The normalized spacial score (nSPS) is 10.5. The second kappa shape index (κ2) is 9.49. The zero-order chi connectivity index (χ0) is 21.5. The lowest BCUT2D eigenvalue weighted by atomic mass is 10.1. The third-order valence-corrected chi connectivity index (χ3v) is 4.60. The third kappa shape index (κ3) is 5.22. The first kappa shape index (κ1) is 20.0. The number of aromatic nitrogens is 2. The van der Waals surface area contributed by atoms with Crippen LogP contribution in [0.1, 0.15) is 32.0 Å². The number of carbonyl (C=O) groups excluding carboxylic acids is 2. The van der Waals surface area contributed by atoms with E-state index in [1.165, 1.54) is 6.20 Å². The first-order chi connectivity index (χ1) is 15.2. The number of hydrogen-bond donors (Lipinski definition) is 1. The minimum Gasteiger partial charge on any atom is -0.467 e. The van der Waals surface area contributed by atoms with Crippen LogP contribution in [0.3, 0.4) is 0 Å². The highest BCUT2D eigenvalue weighted by molar-refractivity contribution is 6.04. The lowest BCUT2D eigenvalue weighted by Crippen LogP contribution is -2.30. The van der Waals surface area contributed by atoms with Crippen LogP contribution in [-0.2, 0) is 13.1 Å². The molecule has 0 aliphatic rings. The Morgan fingerprint density at radius 3 is 2.39 bits per heavy atom. The molecular formula is C24H20N4O3. The van der Waals surface area contributed by atoms with Gasteiger partial charge in [-0.2, -0.15) is 0 Å². The molecule has 0 saturated carbocycles. The number of benzene rings is 1. The molecule has 0 fully saturated rings. The Morgan fingerprint density at radius 1 is 0.871 bits per heavy atom. The molecule has 0 atom stereocenters. The molecule has 0 aliphatic carbocycles. The predicted molar refractivity (Wildman–Crippen MR) is 115 cm³/mol. The van der Waals surface area contributed by atoms with E-state index in [0.717, 1.165) is 5.56 Å². The molecule has 7 nitrogen and oxygen atoms in total. The number of amides is 2. The van der Waals surface area contributed by atoms with E-state index in [-0.39, 0.29) is 11.8 Å². The first-order valence-corrected chi connectivity index (χ1v) is 9.71. The van der Waals surface area contributed by atoms with Gasteiger partial charge in [0.1, 0.15) is 5.76 Å². The maximum Gasteiger partial charge on any atom is 0.257 e. The minimum atomic E-state index is -0.291. The lowest BCUT2D eigenvalue weighted by molar-refractivity contribution is 0.0717. The van der Waals surface area contributed by atoms with Gasteiger partial charge in [-0.3, -0.25) is 19.6 Å². The van der Waals surface area contributed by atoms with Gasteiger partial charge in [0.15, 0.2) is 0 Å². The van der Waals surface area contributed by atoms with Crippen LogP contribution in [0.5, 0.6) is 0 Å². The number of pyridine rings is 2. The summed E-state index contributed by atoms with van der Waals surface area (Å²) in [4.78, 5) is 35.5. The molecular weight excluding hydrogens is 392 g/mol. The molecule has 3 heterocycles. The number of anilines is 1. The van der Waals surface area contributed by atoms with E-state index < -0.39 is 0 Å². The molecule has 154 valence electrons. The molecule has 1 aromatic carbocycles. The third-order valence-electron chi connectivity index (χ3n) is 4.60. The van der Waals surface area contributed by atoms with Gasteiger partial charge in [0.2, 0.25) is 0 Å². The maximum atomic E-state index is 13.3. The summed E-state index contributed by atoms with van der Waals surface area (Å²) in [6.07, 6.45) is 8.09. The molecule has 0 spiro atoms. The van der Waals surface area contributed by atoms with Gasteiger partial charge in [-0.25, -0.2) is 0 Å². The van der Waals surface area contributed by atoms with Crippen molar-refractivity contribution < 1.29 is 14.0 Å². The Hall–Kier alpha value is -4.26. The Morgan fingerprint density at radius 2 is 1.68 bits per heavy atom. The minimum absolute atomic E-state index is 0.183. The van der Waals surface area contributed by atoms with E-state index in [2.05, 4.69) is 15.3 Å². The highest BCUT2D eigenvalue weighted by atomic mass is 16.3. The van der Waals surface area contributed by atoms with Crippen LogP contribution in [0.2, 0.25) is 0 Å². The van der Waals surface area contributed by atoms with Crippen molar-refractivity contribution in [2.24, 2.45) is 0 Å². The van der Waals surface area contributed by atoms with Crippen LogP contribution in [0.15, 0.2) is 96.1 Å². The highest BCUT2D eigenvalue weighted by Crippen LogP contribution is 2.18. The molecule has 3 aromatic heterocycles. The van der Waals surface area contributed by atoms with Gasteiger partial charge in [-0.1, -0.05) is 12.1 Å². The maximum absolute atomic E-state index is 13.3. The van der Waals surface area contributed by atoms with E-state index in [9.17, 15) is 9.59 Å². The number of hydrogen-bond acceptors (Lipinski definition) is 5. The second-order valence-electron chi connectivity index (χ2n) is 6.88. The average molecular weight is 412 g/mol. The van der Waals surface area contributed by atoms with E-state index in [1.807, 2.05) is 18.2 Å². The number of rotatable bonds is 7. The summed E-state index contributed by atoms with van der Waals surface area (Å²) in [5, 5.41) is 2.81. The van der Waals surface area contributed by atoms with Crippen LogP contribution in [0, 0.1) is 0 Å². The molecule has 4 aromatic rings. The Bertz CT molecular complexity index is 1150. The zero-order valence-electron chi connectivity index (χ0n) is 16.6. The number of nitrogens with zero attached hydrogens (tertiary/aromatic N) is 3. The highest BCUT2D eigenvalue weighted by Gasteiger charge is 2.19. The molecule has 0 bridgehead atoms. The van der Waals surface area contributed by atoms with Crippen LogP contribution >= 0.6 is 0 Å². The summed E-state index contributed by atoms with van der Waals surface area (Å²) >= 11 is 0. The number of furan rings is 1. The van der Waals surface area contributed by atoms with Crippen molar-refractivity contribution in [3.8, 4) is 0 Å². The summed E-state index contributed by atoms with van der Waals surface area (Å²) in [5.74, 6) is 0.205.